The zero-order valence-corrected chi connectivity index (χ0v) is 12.8. The fourth-order valence-electron chi connectivity index (χ4n) is 1.60. The summed E-state index contributed by atoms with van der Waals surface area (Å²) in [5.41, 5.74) is 2.06. The van der Waals surface area contributed by atoms with Crippen molar-refractivity contribution >= 4 is 27.1 Å². The summed E-state index contributed by atoms with van der Waals surface area (Å²) >= 11 is 1.26. The number of hydrogen-bond acceptors (Lipinski definition) is 6. The van der Waals surface area contributed by atoms with Crippen LogP contribution in [-0.2, 0) is 16.4 Å². The van der Waals surface area contributed by atoms with Gasteiger partial charge in [-0.25, -0.2) is 14.3 Å². The molecule has 0 atom stereocenters. The highest BCUT2D eigenvalue weighted by atomic mass is 32.2. The molecular weight excluding hydrogens is 312 g/mol. The third-order valence-corrected chi connectivity index (χ3v) is 4.80. The lowest BCUT2D eigenvalue weighted by Gasteiger charge is -2.06. The number of rotatable bonds is 5. The summed E-state index contributed by atoms with van der Waals surface area (Å²) in [6.45, 7) is 0.246. The first-order chi connectivity index (χ1) is 9.90. The number of amides is 1. The highest BCUT2D eigenvalue weighted by Crippen LogP contribution is 2.21. The van der Waals surface area contributed by atoms with Crippen LogP contribution in [0.15, 0.2) is 41.3 Å². The molecular formula is C13H14N2O4S2. The number of benzene rings is 1. The van der Waals surface area contributed by atoms with Crippen LogP contribution in [0.4, 0.5) is 0 Å². The summed E-state index contributed by atoms with van der Waals surface area (Å²) in [5.74, 6) is 5.15. The molecule has 21 heavy (non-hydrogen) atoms. The molecule has 3 N–H and O–H groups in total. The van der Waals surface area contributed by atoms with Crippen molar-refractivity contribution in [3.05, 3.63) is 46.2 Å². The van der Waals surface area contributed by atoms with E-state index in [1.807, 2.05) is 0 Å². The van der Waals surface area contributed by atoms with Gasteiger partial charge in [0, 0.05) is 11.1 Å². The van der Waals surface area contributed by atoms with Crippen molar-refractivity contribution in [2.24, 2.45) is 5.84 Å². The molecule has 8 heteroatoms. The van der Waals surface area contributed by atoms with Crippen LogP contribution in [0.1, 0.15) is 14.5 Å². The van der Waals surface area contributed by atoms with E-state index in [1.165, 1.54) is 23.5 Å². The van der Waals surface area contributed by atoms with Gasteiger partial charge in [0.15, 0.2) is 9.84 Å². The van der Waals surface area contributed by atoms with Crippen LogP contribution in [0.3, 0.4) is 0 Å². The molecule has 0 radical (unpaired) electrons. The van der Waals surface area contributed by atoms with Crippen molar-refractivity contribution in [2.75, 3.05) is 6.26 Å². The molecule has 0 saturated heterocycles. The van der Waals surface area contributed by atoms with Gasteiger partial charge in [0.1, 0.15) is 12.4 Å². The molecule has 0 aliphatic rings. The zero-order chi connectivity index (χ0) is 15.5. The van der Waals surface area contributed by atoms with Crippen molar-refractivity contribution in [1.82, 2.24) is 5.43 Å². The van der Waals surface area contributed by atoms with E-state index in [2.05, 4.69) is 5.43 Å². The van der Waals surface area contributed by atoms with Crippen molar-refractivity contribution < 1.29 is 17.9 Å². The second-order valence-electron chi connectivity index (χ2n) is 4.28. The summed E-state index contributed by atoms with van der Waals surface area (Å²) in [4.78, 5) is 12.8. The standard InChI is InChI=1S/C13H14N2O4S2/c1-21(17,18)11-4-2-3-9(7-11)19-8-10-5-6-12(20-10)13(16)15-14/h2-7H,8,14H2,1H3,(H,15,16). The van der Waals surface area contributed by atoms with Crippen LogP contribution in [0.5, 0.6) is 5.75 Å². The van der Waals surface area contributed by atoms with Gasteiger partial charge in [0.05, 0.1) is 9.77 Å². The number of ether oxygens (including phenoxy) is 1. The maximum Gasteiger partial charge on any atom is 0.275 e. The molecule has 0 fully saturated rings. The summed E-state index contributed by atoms with van der Waals surface area (Å²) in [5, 5.41) is 0. The Morgan fingerprint density at radius 1 is 1.33 bits per heavy atom. The van der Waals surface area contributed by atoms with Crippen LogP contribution < -0.4 is 16.0 Å². The summed E-state index contributed by atoms with van der Waals surface area (Å²) in [6.07, 6.45) is 1.14. The normalized spacial score (nSPS) is 11.1. The summed E-state index contributed by atoms with van der Waals surface area (Å²) in [7, 11) is -3.26. The minimum absolute atomic E-state index is 0.203. The first-order valence-corrected chi connectivity index (χ1v) is 8.63. The first kappa shape index (κ1) is 15.5. The van der Waals surface area contributed by atoms with Gasteiger partial charge in [-0.2, -0.15) is 0 Å². The van der Waals surface area contributed by atoms with Gasteiger partial charge >= 0.3 is 0 Å². The van der Waals surface area contributed by atoms with Crippen LogP contribution in [-0.4, -0.2) is 20.6 Å². The topological polar surface area (TPSA) is 98.5 Å². The van der Waals surface area contributed by atoms with Gasteiger partial charge in [-0.05, 0) is 30.3 Å². The van der Waals surface area contributed by atoms with E-state index < -0.39 is 9.84 Å². The molecule has 1 aromatic carbocycles. The molecule has 112 valence electrons. The molecule has 0 unspecified atom stereocenters. The van der Waals surface area contributed by atoms with Crippen molar-refractivity contribution in [2.45, 2.75) is 11.5 Å². The Morgan fingerprint density at radius 2 is 2.10 bits per heavy atom. The maximum absolute atomic E-state index is 11.5. The monoisotopic (exact) mass is 326 g/mol. The average Bonchev–Trinajstić information content (AvgIpc) is 2.92. The minimum atomic E-state index is -3.26. The van der Waals surface area contributed by atoms with Crippen molar-refractivity contribution in [3.63, 3.8) is 0 Å². The Balaban J connectivity index is 2.07. The largest absolute Gasteiger partial charge is 0.488 e. The fourth-order valence-corrected chi connectivity index (χ4v) is 3.08. The molecule has 0 aliphatic heterocycles. The van der Waals surface area contributed by atoms with Crippen LogP contribution in [0, 0.1) is 0 Å². The molecule has 6 nitrogen and oxygen atoms in total. The lowest BCUT2D eigenvalue weighted by molar-refractivity contribution is 0.0957. The number of carbonyl (C=O) groups is 1. The molecule has 2 aromatic rings. The maximum atomic E-state index is 11.5. The SMILES string of the molecule is CS(=O)(=O)c1cccc(OCc2ccc(C(=O)NN)s2)c1. The number of nitrogen functional groups attached to an aromatic ring is 1. The molecule has 0 saturated carbocycles. The number of sulfone groups is 1. The number of hydrazine groups is 1. The van der Waals surface area contributed by atoms with E-state index in [0.717, 1.165) is 11.1 Å². The highest BCUT2D eigenvalue weighted by Gasteiger charge is 2.10. The lowest BCUT2D eigenvalue weighted by Crippen LogP contribution is -2.29. The average molecular weight is 326 g/mol. The number of thiophene rings is 1. The third kappa shape index (κ3) is 4.03. The van der Waals surface area contributed by atoms with Crippen LogP contribution in [0.25, 0.3) is 0 Å². The Kier molecular flexibility index (Phi) is 4.61. The summed E-state index contributed by atoms with van der Waals surface area (Å²) in [6, 6.07) is 9.69. The second kappa shape index (κ2) is 6.25. The predicted octanol–water partition coefficient (Wildman–Crippen LogP) is 1.33. The molecule has 0 spiro atoms. The Labute approximate surface area is 126 Å². The first-order valence-electron chi connectivity index (χ1n) is 5.93. The third-order valence-electron chi connectivity index (χ3n) is 2.63. The van der Waals surface area contributed by atoms with Gasteiger partial charge in [-0.3, -0.25) is 10.2 Å². The van der Waals surface area contributed by atoms with E-state index >= 15 is 0 Å². The van der Waals surface area contributed by atoms with Crippen LogP contribution in [0.2, 0.25) is 0 Å². The lowest BCUT2D eigenvalue weighted by atomic mass is 10.3. The molecule has 0 bridgehead atoms. The Morgan fingerprint density at radius 3 is 2.76 bits per heavy atom. The predicted molar refractivity (Wildman–Crippen MR) is 79.9 cm³/mol. The van der Waals surface area contributed by atoms with E-state index in [0.29, 0.717) is 10.6 Å². The zero-order valence-electron chi connectivity index (χ0n) is 11.2. The molecule has 1 heterocycles. The molecule has 1 aromatic heterocycles. The van der Waals surface area contributed by atoms with Gasteiger partial charge in [0.25, 0.3) is 5.91 Å². The Bertz CT molecular complexity index is 753. The van der Waals surface area contributed by atoms with E-state index in [1.54, 1.807) is 24.3 Å². The highest BCUT2D eigenvalue weighted by molar-refractivity contribution is 7.90. The van der Waals surface area contributed by atoms with E-state index in [9.17, 15) is 13.2 Å². The Hall–Kier alpha value is -1.90. The minimum Gasteiger partial charge on any atom is -0.488 e. The number of nitrogens with one attached hydrogen (secondary N) is 1. The number of nitrogens with two attached hydrogens (primary N) is 1. The summed E-state index contributed by atoms with van der Waals surface area (Å²) < 4.78 is 28.5. The van der Waals surface area contributed by atoms with Crippen molar-refractivity contribution in [1.29, 1.82) is 0 Å². The van der Waals surface area contributed by atoms with E-state index in [-0.39, 0.29) is 17.4 Å². The smallest absolute Gasteiger partial charge is 0.275 e. The molecule has 0 aliphatic carbocycles. The molecule has 2 rings (SSSR count). The van der Waals surface area contributed by atoms with Gasteiger partial charge in [-0.15, -0.1) is 11.3 Å². The van der Waals surface area contributed by atoms with Gasteiger partial charge < -0.3 is 4.74 Å². The van der Waals surface area contributed by atoms with E-state index in [4.69, 9.17) is 10.6 Å². The molecule has 1 amide bonds. The second-order valence-corrected chi connectivity index (χ2v) is 7.46. The van der Waals surface area contributed by atoms with Crippen LogP contribution >= 0.6 is 11.3 Å². The number of hydrogen-bond donors (Lipinski definition) is 2. The number of carbonyl (C=O) groups excluding carboxylic acids is 1. The van der Waals surface area contributed by atoms with Crippen molar-refractivity contribution in [3.8, 4) is 5.75 Å². The quantitative estimate of drug-likeness (QED) is 0.491. The fraction of sp³-hybridized carbons (Fsp3) is 0.154. The van der Waals surface area contributed by atoms with Gasteiger partial charge in [0.2, 0.25) is 0 Å². The van der Waals surface area contributed by atoms with Gasteiger partial charge in [-0.1, -0.05) is 6.07 Å².